The highest BCUT2D eigenvalue weighted by Crippen LogP contribution is 2.27. The van der Waals surface area contributed by atoms with Crippen LogP contribution in [0.2, 0.25) is 10.0 Å². The van der Waals surface area contributed by atoms with Crippen LogP contribution in [0.5, 0.6) is 5.75 Å². The van der Waals surface area contributed by atoms with E-state index in [1.807, 2.05) is 30.5 Å². The van der Waals surface area contributed by atoms with Crippen LogP contribution in [-0.2, 0) is 17.8 Å². The van der Waals surface area contributed by atoms with E-state index in [4.69, 9.17) is 27.9 Å². The van der Waals surface area contributed by atoms with E-state index in [-0.39, 0.29) is 17.8 Å². The molecule has 3 aromatic rings. The van der Waals surface area contributed by atoms with Crippen LogP contribution in [0.3, 0.4) is 0 Å². The maximum Gasteiger partial charge on any atom is 0.234 e. The Labute approximate surface area is 196 Å². The Balaban J connectivity index is 1.62. The number of nitrogens with zero attached hydrogens (tertiary/aromatic N) is 3. The molecule has 0 saturated carbocycles. The zero-order valence-corrected chi connectivity index (χ0v) is 19.9. The van der Waals surface area contributed by atoms with Crippen LogP contribution in [0, 0.1) is 0 Å². The van der Waals surface area contributed by atoms with Crippen LogP contribution in [-0.4, -0.2) is 26.4 Å². The molecule has 1 N–H and O–H groups in total. The number of aryl methyl sites for hydroxylation is 1. The summed E-state index contributed by atoms with van der Waals surface area (Å²) in [6.07, 6.45) is 0.703. The molecule has 0 spiro atoms. The van der Waals surface area contributed by atoms with Gasteiger partial charge in [0.25, 0.3) is 0 Å². The highest BCUT2D eigenvalue weighted by Gasteiger charge is 2.19. The molecule has 0 bridgehead atoms. The first kappa shape index (κ1) is 23.4. The first-order valence-electron chi connectivity index (χ1n) is 9.97. The lowest BCUT2D eigenvalue weighted by Gasteiger charge is -2.16. The molecule has 0 aliphatic heterocycles. The number of carbonyl (C=O) groups is 1. The van der Waals surface area contributed by atoms with Gasteiger partial charge in [-0.05, 0) is 56.2 Å². The van der Waals surface area contributed by atoms with Crippen LogP contribution >= 0.6 is 35.0 Å². The van der Waals surface area contributed by atoms with Crippen molar-refractivity contribution in [2.24, 2.45) is 0 Å². The van der Waals surface area contributed by atoms with Gasteiger partial charge in [-0.3, -0.25) is 4.79 Å². The van der Waals surface area contributed by atoms with Crippen molar-refractivity contribution < 1.29 is 9.53 Å². The quantitative estimate of drug-likeness (QED) is 0.379. The molecule has 31 heavy (non-hydrogen) atoms. The molecule has 1 unspecified atom stereocenters. The second-order valence-electron chi connectivity index (χ2n) is 6.80. The van der Waals surface area contributed by atoms with Crippen molar-refractivity contribution >= 4 is 46.6 Å². The predicted octanol–water partition coefficient (Wildman–Crippen LogP) is 6.04. The SMILES string of the molecule is CCc1ccc(OC(C)c2nnc(SCC(=O)Nc3ccc(Cl)cc3Cl)n2CC)cc1. The first-order valence-corrected chi connectivity index (χ1v) is 11.7. The minimum absolute atomic E-state index is 0.171. The van der Waals surface area contributed by atoms with E-state index in [1.165, 1.54) is 17.3 Å². The largest absolute Gasteiger partial charge is 0.483 e. The van der Waals surface area contributed by atoms with E-state index in [1.54, 1.807) is 18.2 Å². The summed E-state index contributed by atoms with van der Waals surface area (Å²) < 4.78 is 8.00. The minimum atomic E-state index is -0.282. The number of ether oxygens (including phenoxy) is 1. The number of anilines is 1. The molecule has 2 aromatic carbocycles. The van der Waals surface area contributed by atoms with Gasteiger partial charge in [0, 0.05) is 11.6 Å². The maximum absolute atomic E-state index is 12.4. The fraction of sp³-hybridized carbons (Fsp3) is 0.318. The van der Waals surface area contributed by atoms with E-state index in [9.17, 15) is 4.79 Å². The van der Waals surface area contributed by atoms with Crippen molar-refractivity contribution in [3.8, 4) is 5.75 Å². The highest BCUT2D eigenvalue weighted by molar-refractivity contribution is 7.99. The van der Waals surface area contributed by atoms with Gasteiger partial charge in [-0.2, -0.15) is 0 Å². The van der Waals surface area contributed by atoms with Crippen molar-refractivity contribution in [3.63, 3.8) is 0 Å². The highest BCUT2D eigenvalue weighted by atomic mass is 35.5. The molecule has 9 heteroatoms. The van der Waals surface area contributed by atoms with Crippen LogP contribution in [0.15, 0.2) is 47.6 Å². The summed E-state index contributed by atoms with van der Waals surface area (Å²) in [7, 11) is 0. The second-order valence-corrected chi connectivity index (χ2v) is 8.59. The zero-order chi connectivity index (χ0) is 22.4. The monoisotopic (exact) mass is 478 g/mol. The Morgan fingerprint density at radius 1 is 1.16 bits per heavy atom. The molecule has 6 nitrogen and oxygen atoms in total. The van der Waals surface area contributed by atoms with Gasteiger partial charge in [0.15, 0.2) is 17.1 Å². The molecule has 0 aliphatic carbocycles. The molecular formula is C22H24Cl2N4O2S. The third kappa shape index (κ3) is 6.15. The average molecular weight is 479 g/mol. The summed E-state index contributed by atoms with van der Waals surface area (Å²) in [5.41, 5.74) is 1.78. The van der Waals surface area contributed by atoms with Crippen LogP contribution < -0.4 is 10.1 Å². The van der Waals surface area contributed by atoms with Gasteiger partial charge < -0.3 is 14.6 Å². The van der Waals surface area contributed by atoms with Gasteiger partial charge >= 0.3 is 0 Å². The van der Waals surface area contributed by atoms with Gasteiger partial charge in [-0.15, -0.1) is 10.2 Å². The number of rotatable bonds is 9. The Bertz CT molecular complexity index is 1040. The van der Waals surface area contributed by atoms with Crippen LogP contribution in [0.4, 0.5) is 5.69 Å². The number of amides is 1. The summed E-state index contributed by atoms with van der Waals surface area (Å²) in [6.45, 7) is 6.73. The molecule has 0 saturated heterocycles. The van der Waals surface area contributed by atoms with Crippen LogP contribution in [0.1, 0.15) is 38.3 Å². The van der Waals surface area contributed by atoms with Gasteiger partial charge in [0.05, 0.1) is 16.5 Å². The van der Waals surface area contributed by atoms with Gasteiger partial charge in [0.2, 0.25) is 5.91 Å². The molecule has 0 radical (unpaired) electrons. The summed E-state index contributed by atoms with van der Waals surface area (Å²) in [5.74, 6) is 1.47. The third-order valence-electron chi connectivity index (χ3n) is 4.61. The second kappa shape index (κ2) is 10.9. The van der Waals surface area contributed by atoms with E-state index in [0.29, 0.717) is 33.3 Å². The Hall–Kier alpha value is -2.22. The molecule has 3 rings (SSSR count). The van der Waals surface area contributed by atoms with Crippen LogP contribution in [0.25, 0.3) is 0 Å². The number of aromatic nitrogens is 3. The lowest BCUT2D eigenvalue weighted by molar-refractivity contribution is -0.113. The maximum atomic E-state index is 12.4. The molecule has 0 fully saturated rings. The van der Waals surface area contributed by atoms with Crippen molar-refractivity contribution in [1.82, 2.24) is 14.8 Å². The number of hydrogen-bond acceptors (Lipinski definition) is 5. The molecule has 1 heterocycles. The fourth-order valence-electron chi connectivity index (χ4n) is 2.97. The molecule has 0 aliphatic rings. The van der Waals surface area contributed by atoms with Crippen molar-refractivity contribution in [2.45, 2.75) is 45.0 Å². The van der Waals surface area contributed by atoms with Gasteiger partial charge in [0.1, 0.15) is 5.75 Å². The summed E-state index contributed by atoms with van der Waals surface area (Å²) in [6, 6.07) is 13.0. The molecule has 164 valence electrons. The molecule has 1 amide bonds. The Morgan fingerprint density at radius 3 is 2.55 bits per heavy atom. The average Bonchev–Trinajstić information content (AvgIpc) is 3.18. The molecule has 1 atom stereocenters. The number of nitrogens with one attached hydrogen (secondary N) is 1. The smallest absolute Gasteiger partial charge is 0.234 e. The summed E-state index contributed by atoms with van der Waals surface area (Å²) in [5, 5.41) is 12.9. The van der Waals surface area contributed by atoms with E-state index in [0.717, 1.165) is 12.2 Å². The Kier molecular flexibility index (Phi) is 8.23. The van der Waals surface area contributed by atoms with Crippen molar-refractivity contribution in [2.75, 3.05) is 11.1 Å². The zero-order valence-electron chi connectivity index (χ0n) is 17.6. The van der Waals surface area contributed by atoms with E-state index < -0.39 is 0 Å². The molecular weight excluding hydrogens is 455 g/mol. The normalized spacial score (nSPS) is 11.9. The molecule has 1 aromatic heterocycles. The first-order chi connectivity index (χ1) is 14.9. The van der Waals surface area contributed by atoms with Gasteiger partial charge in [-0.1, -0.05) is 54.0 Å². The fourth-order valence-corrected chi connectivity index (χ4v) is 4.24. The lowest BCUT2D eigenvalue weighted by atomic mass is 10.2. The number of benzene rings is 2. The van der Waals surface area contributed by atoms with E-state index >= 15 is 0 Å². The van der Waals surface area contributed by atoms with Crippen molar-refractivity contribution in [1.29, 1.82) is 0 Å². The summed E-state index contributed by atoms with van der Waals surface area (Å²) >= 11 is 13.3. The Morgan fingerprint density at radius 2 is 1.90 bits per heavy atom. The number of thioether (sulfide) groups is 1. The van der Waals surface area contributed by atoms with E-state index in [2.05, 4.69) is 34.6 Å². The minimum Gasteiger partial charge on any atom is -0.483 e. The number of halogens is 2. The number of carbonyl (C=O) groups excluding carboxylic acids is 1. The topological polar surface area (TPSA) is 69.0 Å². The third-order valence-corrected chi connectivity index (χ3v) is 6.12. The standard InChI is InChI=1S/C22H24Cl2N4O2S/c1-4-15-6-9-17(10-7-15)30-14(3)21-26-27-22(28(21)5-2)31-13-20(29)25-19-11-8-16(23)12-18(19)24/h6-12,14H,4-5,13H2,1-3H3,(H,25,29). The lowest BCUT2D eigenvalue weighted by Crippen LogP contribution is -2.15. The predicted molar refractivity (Wildman–Crippen MR) is 126 cm³/mol. The summed E-state index contributed by atoms with van der Waals surface area (Å²) in [4.78, 5) is 12.4. The van der Waals surface area contributed by atoms with Gasteiger partial charge in [-0.25, -0.2) is 0 Å². The number of hydrogen-bond donors (Lipinski definition) is 1. The van der Waals surface area contributed by atoms with Crippen molar-refractivity contribution in [3.05, 3.63) is 63.9 Å².